The predicted molar refractivity (Wildman–Crippen MR) is 39.2 cm³/mol. The van der Waals surface area contributed by atoms with E-state index in [9.17, 15) is 4.79 Å². The molecule has 0 bridgehead atoms. The van der Waals surface area contributed by atoms with Gasteiger partial charge in [-0.2, -0.15) is 5.10 Å². The van der Waals surface area contributed by atoms with Gasteiger partial charge in [0.2, 0.25) is 0 Å². The van der Waals surface area contributed by atoms with E-state index in [1.54, 1.807) is 0 Å². The van der Waals surface area contributed by atoms with Gasteiger partial charge in [-0.3, -0.25) is 9.89 Å². The standard InChI is InChI=1S/C7H9N3O/c1-3-5-6(10-9-3)4(2)8-7(5)11/h4H,1-2H3,(H,8,11)(H,9,10)/t4-/m1/s1. The number of nitrogens with zero attached hydrogens (tertiary/aromatic N) is 1. The number of amides is 1. The quantitative estimate of drug-likeness (QED) is 0.568. The molecular weight excluding hydrogens is 142 g/mol. The number of aromatic amines is 1. The number of aromatic nitrogens is 2. The summed E-state index contributed by atoms with van der Waals surface area (Å²) in [4.78, 5) is 11.2. The van der Waals surface area contributed by atoms with Gasteiger partial charge in [0.15, 0.2) is 0 Å². The zero-order valence-corrected chi connectivity index (χ0v) is 6.43. The van der Waals surface area contributed by atoms with Crippen LogP contribution < -0.4 is 5.32 Å². The number of aryl methyl sites for hydroxylation is 1. The van der Waals surface area contributed by atoms with E-state index >= 15 is 0 Å². The van der Waals surface area contributed by atoms with Crippen LogP contribution in [0.25, 0.3) is 0 Å². The average molecular weight is 151 g/mol. The van der Waals surface area contributed by atoms with Crippen LogP contribution in [0.4, 0.5) is 0 Å². The Morgan fingerprint density at radius 1 is 1.55 bits per heavy atom. The second-order valence-electron chi connectivity index (χ2n) is 2.80. The molecule has 0 aliphatic carbocycles. The molecule has 1 atom stereocenters. The summed E-state index contributed by atoms with van der Waals surface area (Å²) in [6, 6.07) is 0.0578. The number of hydrogen-bond donors (Lipinski definition) is 2. The molecule has 0 unspecified atom stereocenters. The lowest BCUT2D eigenvalue weighted by Gasteiger charge is -1.98. The molecule has 1 aliphatic rings. The third kappa shape index (κ3) is 0.691. The lowest BCUT2D eigenvalue weighted by molar-refractivity contribution is 0.0957. The van der Waals surface area contributed by atoms with Crippen molar-refractivity contribution in [1.82, 2.24) is 15.5 Å². The number of nitrogens with one attached hydrogen (secondary N) is 2. The molecular formula is C7H9N3O. The zero-order valence-electron chi connectivity index (χ0n) is 6.43. The molecule has 0 saturated carbocycles. The van der Waals surface area contributed by atoms with Gasteiger partial charge in [-0.25, -0.2) is 0 Å². The molecule has 2 heterocycles. The number of hydrogen-bond acceptors (Lipinski definition) is 2. The molecule has 0 spiro atoms. The molecule has 11 heavy (non-hydrogen) atoms. The monoisotopic (exact) mass is 151 g/mol. The zero-order chi connectivity index (χ0) is 8.01. The summed E-state index contributed by atoms with van der Waals surface area (Å²) in [6.45, 7) is 3.77. The molecule has 0 radical (unpaired) electrons. The summed E-state index contributed by atoms with van der Waals surface area (Å²) < 4.78 is 0. The van der Waals surface area contributed by atoms with Crippen LogP contribution in [0.2, 0.25) is 0 Å². The van der Waals surface area contributed by atoms with Crippen LogP contribution in [0, 0.1) is 6.92 Å². The molecule has 1 aromatic heterocycles. The van der Waals surface area contributed by atoms with Crippen molar-refractivity contribution < 1.29 is 4.79 Å². The summed E-state index contributed by atoms with van der Waals surface area (Å²) in [6.07, 6.45) is 0. The van der Waals surface area contributed by atoms with Gasteiger partial charge in [0.25, 0.3) is 5.91 Å². The molecule has 2 N–H and O–H groups in total. The molecule has 1 aliphatic heterocycles. The van der Waals surface area contributed by atoms with Crippen LogP contribution in [0.3, 0.4) is 0 Å². The van der Waals surface area contributed by atoms with Crippen molar-refractivity contribution in [1.29, 1.82) is 0 Å². The van der Waals surface area contributed by atoms with Gasteiger partial charge >= 0.3 is 0 Å². The molecule has 0 aromatic carbocycles. The fourth-order valence-electron chi connectivity index (χ4n) is 1.39. The molecule has 2 rings (SSSR count). The minimum Gasteiger partial charge on any atom is -0.344 e. The Balaban J connectivity index is 2.63. The van der Waals surface area contributed by atoms with Crippen LogP contribution >= 0.6 is 0 Å². The van der Waals surface area contributed by atoms with Crippen LogP contribution in [0.5, 0.6) is 0 Å². The van der Waals surface area contributed by atoms with E-state index in [0.717, 1.165) is 17.0 Å². The van der Waals surface area contributed by atoms with Gasteiger partial charge < -0.3 is 5.32 Å². The highest BCUT2D eigenvalue weighted by atomic mass is 16.2. The maximum absolute atomic E-state index is 11.2. The highest BCUT2D eigenvalue weighted by Gasteiger charge is 2.29. The Kier molecular flexibility index (Phi) is 1.07. The van der Waals surface area contributed by atoms with Crippen molar-refractivity contribution in [2.24, 2.45) is 0 Å². The van der Waals surface area contributed by atoms with Crippen molar-refractivity contribution in [3.8, 4) is 0 Å². The first-order valence-electron chi connectivity index (χ1n) is 3.56. The smallest absolute Gasteiger partial charge is 0.255 e. The topological polar surface area (TPSA) is 57.8 Å². The Morgan fingerprint density at radius 3 is 2.91 bits per heavy atom. The maximum atomic E-state index is 11.2. The van der Waals surface area contributed by atoms with Crippen molar-refractivity contribution >= 4 is 5.91 Å². The van der Waals surface area contributed by atoms with E-state index < -0.39 is 0 Å². The number of H-pyrrole nitrogens is 1. The third-order valence-corrected chi connectivity index (χ3v) is 1.96. The van der Waals surface area contributed by atoms with Crippen molar-refractivity contribution in [3.63, 3.8) is 0 Å². The number of carbonyl (C=O) groups excluding carboxylic acids is 1. The van der Waals surface area contributed by atoms with Crippen molar-refractivity contribution in [2.75, 3.05) is 0 Å². The van der Waals surface area contributed by atoms with Gasteiger partial charge in [0.1, 0.15) is 0 Å². The number of fused-ring (bicyclic) bond motifs is 1. The van der Waals surface area contributed by atoms with Crippen LogP contribution in [0.15, 0.2) is 0 Å². The SMILES string of the molecule is Cc1[nH]nc2c1C(=O)N[C@@H]2C. The van der Waals surface area contributed by atoms with Crippen LogP contribution in [-0.4, -0.2) is 16.1 Å². The molecule has 0 saturated heterocycles. The van der Waals surface area contributed by atoms with E-state index in [2.05, 4.69) is 15.5 Å². The van der Waals surface area contributed by atoms with E-state index in [-0.39, 0.29) is 11.9 Å². The molecule has 1 amide bonds. The molecule has 1 aromatic rings. The van der Waals surface area contributed by atoms with E-state index in [1.165, 1.54) is 0 Å². The molecule has 4 heteroatoms. The lowest BCUT2D eigenvalue weighted by Crippen LogP contribution is -2.17. The van der Waals surface area contributed by atoms with Crippen molar-refractivity contribution in [2.45, 2.75) is 19.9 Å². The first-order chi connectivity index (χ1) is 5.20. The van der Waals surface area contributed by atoms with Gasteiger partial charge in [-0.05, 0) is 13.8 Å². The second-order valence-corrected chi connectivity index (χ2v) is 2.80. The normalized spacial score (nSPS) is 21.6. The van der Waals surface area contributed by atoms with Crippen molar-refractivity contribution in [3.05, 3.63) is 17.0 Å². The summed E-state index contributed by atoms with van der Waals surface area (Å²) in [7, 11) is 0. The fraction of sp³-hybridized carbons (Fsp3) is 0.429. The molecule has 4 nitrogen and oxygen atoms in total. The summed E-state index contributed by atoms with van der Waals surface area (Å²) in [5, 5.41) is 9.59. The van der Waals surface area contributed by atoms with Gasteiger partial charge in [0, 0.05) is 5.69 Å². The predicted octanol–water partition coefficient (Wildman–Crippen LogP) is 0.523. The first-order valence-corrected chi connectivity index (χ1v) is 3.56. The summed E-state index contributed by atoms with van der Waals surface area (Å²) >= 11 is 0. The molecule has 58 valence electrons. The third-order valence-electron chi connectivity index (χ3n) is 1.96. The largest absolute Gasteiger partial charge is 0.344 e. The minimum atomic E-state index is -0.0150. The van der Waals surface area contributed by atoms with E-state index in [4.69, 9.17) is 0 Å². The van der Waals surface area contributed by atoms with E-state index in [0.29, 0.717) is 0 Å². The van der Waals surface area contributed by atoms with Crippen LogP contribution in [0.1, 0.15) is 34.7 Å². The summed E-state index contributed by atoms with van der Waals surface area (Å²) in [5.41, 5.74) is 2.41. The van der Waals surface area contributed by atoms with E-state index in [1.807, 2.05) is 13.8 Å². The Morgan fingerprint density at radius 2 is 2.27 bits per heavy atom. The van der Waals surface area contributed by atoms with Gasteiger partial charge in [0.05, 0.1) is 17.3 Å². The highest BCUT2D eigenvalue weighted by Crippen LogP contribution is 2.24. The van der Waals surface area contributed by atoms with Gasteiger partial charge in [-0.1, -0.05) is 0 Å². The average Bonchev–Trinajstić information content (AvgIpc) is 2.41. The Labute approximate surface area is 64.0 Å². The summed E-state index contributed by atoms with van der Waals surface area (Å²) in [5.74, 6) is -0.0150. The second kappa shape index (κ2) is 1.84. The number of rotatable bonds is 0. The lowest BCUT2D eigenvalue weighted by atomic mass is 10.2. The Hall–Kier alpha value is -1.32. The minimum absolute atomic E-state index is 0.0150. The molecule has 0 fully saturated rings. The maximum Gasteiger partial charge on any atom is 0.255 e. The van der Waals surface area contributed by atoms with Gasteiger partial charge in [-0.15, -0.1) is 0 Å². The fourth-order valence-corrected chi connectivity index (χ4v) is 1.39. The first kappa shape index (κ1) is 6.39. The number of carbonyl (C=O) groups is 1. The highest BCUT2D eigenvalue weighted by molar-refractivity contribution is 5.99. The Bertz CT molecular complexity index is 315. The van der Waals surface area contributed by atoms with Crippen LogP contribution in [-0.2, 0) is 0 Å².